The van der Waals surface area contributed by atoms with Gasteiger partial charge in [-0.15, -0.1) is 0 Å². The molecule has 0 N–H and O–H groups in total. The molecule has 4 nitrogen and oxygen atoms in total. The van der Waals surface area contributed by atoms with Crippen LogP contribution in [0.15, 0.2) is 42.5 Å². The Hall–Kier alpha value is -1.91. The average Bonchev–Trinajstić information content (AvgIpc) is 2.58. The van der Waals surface area contributed by atoms with Crippen molar-refractivity contribution in [1.29, 1.82) is 0 Å². The van der Waals surface area contributed by atoms with Crippen molar-refractivity contribution in [3.8, 4) is 0 Å². The van der Waals surface area contributed by atoms with Crippen molar-refractivity contribution in [1.82, 2.24) is 14.7 Å². The molecule has 0 saturated heterocycles. The molecule has 0 saturated carbocycles. The fourth-order valence-electron chi connectivity index (χ4n) is 3.05. The Morgan fingerprint density at radius 3 is 1.92 bits per heavy atom. The average molecular weight is 341 g/mol. The van der Waals surface area contributed by atoms with Crippen LogP contribution in [0, 0.1) is 0 Å². The Morgan fingerprint density at radius 1 is 0.760 bits per heavy atom. The molecule has 0 aliphatic rings. The number of carbonyl (C=O) groups excluding carboxylic acids is 1. The van der Waals surface area contributed by atoms with E-state index in [1.165, 1.54) is 0 Å². The molecule has 2 rings (SSSR count). The highest BCUT2D eigenvalue weighted by molar-refractivity contribution is 6.07. The van der Waals surface area contributed by atoms with E-state index in [-0.39, 0.29) is 5.91 Å². The number of hydrogen-bond acceptors (Lipinski definition) is 3. The van der Waals surface area contributed by atoms with Crippen LogP contribution in [-0.4, -0.2) is 75.0 Å². The van der Waals surface area contributed by atoms with Crippen LogP contribution >= 0.6 is 0 Å². The van der Waals surface area contributed by atoms with E-state index in [1.807, 2.05) is 35.2 Å². The van der Waals surface area contributed by atoms with Crippen molar-refractivity contribution >= 4 is 16.7 Å². The van der Waals surface area contributed by atoms with Crippen LogP contribution in [0.25, 0.3) is 10.8 Å². The number of amides is 1. The van der Waals surface area contributed by atoms with Gasteiger partial charge < -0.3 is 14.7 Å². The zero-order valence-electron chi connectivity index (χ0n) is 16.0. The molecule has 25 heavy (non-hydrogen) atoms. The highest BCUT2D eigenvalue weighted by Crippen LogP contribution is 2.20. The maximum Gasteiger partial charge on any atom is 0.254 e. The molecule has 0 atom stereocenters. The lowest BCUT2D eigenvalue weighted by molar-refractivity contribution is 0.0746. The minimum Gasteiger partial charge on any atom is -0.339 e. The summed E-state index contributed by atoms with van der Waals surface area (Å²) in [5.74, 6) is 0.148. The molecule has 2 aromatic rings. The van der Waals surface area contributed by atoms with E-state index < -0.39 is 0 Å². The van der Waals surface area contributed by atoms with Crippen LogP contribution in [-0.2, 0) is 0 Å². The Kier molecular flexibility index (Phi) is 7.41. The summed E-state index contributed by atoms with van der Waals surface area (Å²) in [5, 5.41) is 2.16. The number of benzene rings is 2. The molecule has 136 valence electrons. The van der Waals surface area contributed by atoms with E-state index in [0.717, 1.165) is 55.4 Å². The SMILES string of the molecule is CN(C)CCCN(CCCN(C)C)C(=O)c1cccc2ccccc12. The standard InChI is InChI=1S/C21H31N3O/c1-22(2)14-8-16-24(17-9-15-23(3)4)21(25)20-13-7-11-18-10-5-6-12-19(18)20/h5-7,10-13H,8-9,14-17H2,1-4H3. The highest BCUT2D eigenvalue weighted by Gasteiger charge is 2.17. The molecule has 0 bridgehead atoms. The van der Waals surface area contributed by atoms with Crippen molar-refractivity contribution in [3.63, 3.8) is 0 Å². The minimum atomic E-state index is 0.148. The normalized spacial score (nSPS) is 11.4. The summed E-state index contributed by atoms with van der Waals surface area (Å²) in [5.41, 5.74) is 0.813. The van der Waals surface area contributed by atoms with Gasteiger partial charge in [-0.2, -0.15) is 0 Å². The third-order valence-electron chi connectivity index (χ3n) is 4.37. The Balaban J connectivity index is 2.16. The third kappa shape index (κ3) is 5.83. The number of nitrogens with zero attached hydrogens (tertiary/aromatic N) is 3. The lowest BCUT2D eigenvalue weighted by Crippen LogP contribution is -2.35. The molecule has 4 heteroatoms. The van der Waals surface area contributed by atoms with Crippen molar-refractivity contribution in [3.05, 3.63) is 48.0 Å². The summed E-state index contributed by atoms with van der Waals surface area (Å²) in [6, 6.07) is 14.1. The molecule has 2 aromatic carbocycles. The second kappa shape index (κ2) is 9.54. The van der Waals surface area contributed by atoms with E-state index >= 15 is 0 Å². The van der Waals surface area contributed by atoms with Gasteiger partial charge in [0.15, 0.2) is 0 Å². The molecule has 1 amide bonds. The second-order valence-corrected chi connectivity index (χ2v) is 7.13. The van der Waals surface area contributed by atoms with E-state index in [2.05, 4.69) is 50.1 Å². The summed E-state index contributed by atoms with van der Waals surface area (Å²) in [4.78, 5) is 19.6. The molecular weight excluding hydrogens is 310 g/mol. The summed E-state index contributed by atoms with van der Waals surface area (Å²) in [6.45, 7) is 3.58. The van der Waals surface area contributed by atoms with Crippen LogP contribution in [0.3, 0.4) is 0 Å². The zero-order chi connectivity index (χ0) is 18.2. The topological polar surface area (TPSA) is 26.8 Å². The smallest absolute Gasteiger partial charge is 0.254 e. The van der Waals surface area contributed by atoms with E-state index in [9.17, 15) is 4.79 Å². The van der Waals surface area contributed by atoms with Gasteiger partial charge in [0.2, 0.25) is 0 Å². The fourth-order valence-corrected chi connectivity index (χ4v) is 3.05. The predicted octanol–water partition coefficient (Wildman–Crippen LogP) is 3.19. The maximum absolute atomic E-state index is 13.2. The van der Waals surface area contributed by atoms with Gasteiger partial charge in [-0.3, -0.25) is 4.79 Å². The van der Waals surface area contributed by atoms with Gasteiger partial charge in [-0.25, -0.2) is 0 Å². The second-order valence-electron chi connectivity index (χ2n) is 7.13. The zero-order valence-corrected chi connectivity index (χ0v) is 16.0. The van der Waals surface area contributed by atoms with Crippen LogP contribution in [0.1, 0.15) is 23.2 Å². The summed E-state index contributed by atoms with van der Waals surface area (Å²) < 4.78 is 0. The monoisotopic (exact) mass is 341 g/mol. The van der Waals surface area contributed by atoms with Crippen molar-refractivity contribution in [2.75, 3.05) is 54.4 Å². The summed E-state index contributed by atoms with van der Waals surface area (Å²) >= 11 is 0. The van der Waals surface area contributed by atoms with E-state index in [1.54, 1.807) is 0 Å². The number of fused-ring (bicyclic) bond motifs is 1. The Labute approximate surface area is 152 Å². The summed E-state index contributed by atoms with van der Waals surface area (Å²) in [7, 11) is 8.29. The minimum absolute atomic E-state index is 0.148. The molecule has 0 fully saturated rings. The van der Waals surface area contributed by atoms with Gasteiger partial charge in [-0.05, 0) is 71.0 Å². The molecule has 0 aliphatic heterocycles. The number of hydrogen-bond donors (Lipinski definition) is 0. The van der Waals surface area contributed by atoms with Gasteiger partial charge in [0.1, 0.15) is 0 Å². The quantitative estimate of drug-likeness (QED) is 0.701. The number of carbonyl (C=O) groups is 1. The van der Waals surface area contributed by atoms with E-state index in [4.69, 9.17) is 0 Å². The first-order valence-electron chi connectivity index (χ1n) is 9.05. The van der Waals surface area contributed by atoms with Gasteiger partial charge in [0.25, 0.3) is 5.91 Å². The van der Waals surface area contributed by atoms with E-state index in [0.29, 0.717) is 0 Å². The lowest BCUT2D eigenvalue weighted by Gasteiger charge is -2.25. The van der Waals surface area contributed by atoms with Crippen LogP contribution < -0.4 is 0 Å². The molecule has 0 unspecified atom stereocenters. The Morgan fingerprint density at radius 2 is 1.32 bits per heavy atom. The first-order valence-corrected chi connectivity index (χ1v) is 9.05. The van der Waals surface area contributed by atoms with Crippen LogP contribution in [0.2, 0.25) is 0 Å². The van der Waals surface area contributed by atoms with Gasteiger partial charge in [0.05, 0.1) is 0 Å². The molecule has 0 spiro atoms. The predicted molar refractivity (Wildman–Crippen MR) is 106 cm³/mol. The molecule has 0 radical (unpaired) electrons. The largest absolute Gasteiger partial charge is 0.339 e. The fraction of sp³-hybridized carbons (Fsp3) is 0.476. The first kappa shape index (κ1) is 19.4. The third-order valence-corrected chi connectivity index (χ3v) is 4.37. The lowest BCUT2D eigenvalue weighted by atomic mass is 10.0. The van der Waals surface area contributed by atoms with Crippen molar-refractivity contribution in [2.45, 2.75) is 12.8 Å². The van der Waals surface area contributed by atoms with Gasteiger partial charge in [-0.1, -0.05) is 36.4 Å². The first-order chi connectivity index (χ1) is 12.0. The van der Waals surface area contributed by atoms with Crippen LogP contribution in [0.5, 0.6) is 0 Å². The molecule has 0 aliphatic carbocycles. The van der Waals surface area contributed by atoms with Crippen molar-refractivity contribution in [2.24, 2.45) is 0 Å². The molecular formula is C21H31N3O. The van der Waals surface area contributed by atoms with Crippen molar-refractivity contribution < 1.29 is 4.79 Å². The Bertz CT molecular complexity index is 662. The maximum atomic E-state index is 13.2. The highest BCUT2D eigenvalue weighted by atomic mass is 16.2. The van der Waals surface area contributed by atoms with Gasteiger partial charge in [0, 0.05) is 18.7 Å². The molecule has 0 aromatic heterocycles. The van der Waals surface area contributed by atoms with Gasteiger partial charge >= 0.3 is 0 Å². The molecule has 0 heterocycles. The van der Waals surface area contributed by atoms with Crippen LogP contribution in [0.4, 0.5) is 0 Å². The summed E-state index contributed by atoms with van der Waals surface area (Å²) in [6.07, 6.45) is 1.98. The number of rotatable bonds is 9.